The zero-order valence-corrected chi connectivity index (χ0v) is 32.5. The number of amidine groups is 1. The van der Waals surface area contributed by atoms with Crippen LogP contribution in [-0.4, -0.2) is 26.9 Å². The van der Waals surface area contributed by atoms with Crippen LogP contribution in [0.4, 0.5) is 0 Å². The number of nitrogens with one attached hydrogen (secondary N) is 1. The molecule has 280 valence electrons. The summed E-state index contributed by atoms with van der Waals surface area (Å²) in [7, 11) is 2.19. The Labute approximate surface area is 341 Å². The molecule has 3 unspecified atom stereocenters. The van der Waals surface area contributed by atoms with Crippen LogP contribution in [0.2, 0.25) is 0 Å². The molecule has 2 aromatic heterocycles. The molecule has 0 fully saturated rings. The fraction of sp³-hybridized carbons (Fsp3) is 0.0926. The van der Waals surface area contributed by atoms with Gasteiger partial charge >= 0.3 is 0 Å². The molecule has 1 aliphatic carbocycles. The number of benzene rings is 8. The van der Waals surface area contributed by atoms with Gasteiger partial charge in [-0.05, 0) is 64.5 Å². The Bertz CT molecular complexity index is 3420. The van der Waals surface area contributed by atoms with Gasteiger partial charge in [0.25, 0.3) is 0 Å². The maximum Gasteiger partial charge on any atom is 0.132 e. The number of hydrogen-bond acceptors (Lipinski definition) is 3. The Hall–Kier alpha value is -7.21. The average Bonchev–Trinajstić information content (AvgIpc) is 3.95. The Kier molecular flexibility index (Phi) is 6.90. The van der Waals surface area contributed by atoms with Crippen LogP contribution in [0, 0.1) is 0 Å². The molecule has 4 heterocycles. The van der Waals surface area contributed by atoms with E-state index in [2.05, 4.69) is 208 Å². The molecule has 1 N–H and O–H groups in total. The zero-order chi connectivity index (χ0) is 38.8. The SMILES string of the molecule is CN1C(c2ccccc2)N=C(c2ccccc2)NC1c1ccc(-n2c3ccccc3c3c4ccccc4c4c5c6n(c4c32)-c2ccccc2C6CC=C5)c2ccccc12. The van der Waals surface area contributed by atoms with Gasteiger partial charge in [-0.15, -0.1) is 0 Å². The molecule has 0 amide bonds. The van der Waals surface area contributed by atoms with Gasteiger partial charge in [0, 0.05) is 50.0 Å². The molecule has 0 bridgehead atoms. The predicted octanol–water partition coefficient (Wildman–Crippen LogP) is 12.6. The summed E-state index contributed by atoms with van der Waals surface area (Å²) in [5.74, 6) is 1.24. The van der Waals surface area contributed by atoms with E-state index < -0.39 is 0 Å². The number of allylic oxidation sites excluding steroid dienone is 1. The highest BCUT2D eigenvalue weighted by molar-refractivity contribution is 6.33. The van der Waals surface area contributed by atoms with Crippen molar-refractivity contribution in [1.29, 1.82) is 0 Å². The number of fused-ring (bicyclic) bond motifs is 14. The second-order valence-electron chi connectivity index (χ2n) is 16.3. The monoisotopic (exact) mass is 757 g/mol. The second-order valence-corrected chi connectivity index (χ2v) is 16.3. The van der Waals surface area contributed by atoms with E-state index >= 15 is 0 Å². The lowest BCUT2D eigenvalue weighted by molar-refractivity contribution is 0.153. The number of aliphatic imine (C=N–C) groups is 1. The minimum atomic E-state index is -0.163. The summed E-state index contributed by atoms with van der Waals surface area (Å²) < 4.78 is 5.21. The third-order valence-electron chi connectivity index (χ3n) is 13.3. The van der Waals surface area contributed by atoms with E-state index in [1.54, 1.807) is 0 Å². The minimum absolute atomic E-state index is 0.140. The number of aromatic nitrogens is 2. The zero-order valence-electron chi connectivity index (χ0n) is 32.5. The molecule has 0 radical (unpaired) electrons. The maximum atomic E-state index is 5.32. The molecular weight excluding hydrogens is 719 g/mol. The Morgan fingerprint density at radius 2 is 1.19 bits per heavy atom. The third-order valence-corrected chi connectivity index (χ3v) is 13.3. The van der Waals surface area contributed by atoms with Crippen molar-refractivity contribution in [3.63, 3.8) is 0 Å². The summed E-state index contributed by atoms with van der Waals surface area (Å²) in [4.78, 5) is 7.69. The summed E-state index contributed by atoms with van der Waals surface area (Å²) in [5.41, 5.74) is 13.9. The van der Waals surface area contributed by atoms with Crippen molar-refractivity contribution in [3.05, 3.63) is 209 Å². The molecule has 2 aliphatic heterocycles. The highest BCUT2D eigenvalue weighted by atomic mass is 15.4. The second kappa shape index (κ2) is 12.4. The fourth-order valence-electron chi connectivity index (χ4n) is 10.8. The lowest BCUT2D eigenvalue weighted by Gasteiger charge is -2.40. The quantitative estimate of drug-likeness (QED) is 0.194. The number of nitrogens with zero attached hydrogens (tertiary/aromatic N) is 4. The highest BCUT2D eigenvalue weighted by Crippen LogP contribution is 2.54. The minimum Gasteiger partial charge on any atom is -0.350 e. The van der Waals surface area contributed by atoms with Crippen LogP contribution in [0.3, 0.4) is 0 Å². The van der Waals surface area contributed by atoms with Crippen LogP contribution < -0.4 is 5.32 Å². The lowest BCUT2D eigenvalue weighted by atomic mass is 9.86. The molecule has 3 aliphatic rings. The standard InChI is InChI=1S/C54H39N5/c1-57-53(34-19-6-3-7-20-34)55-52(33-17-4-2-5-18-33)56-54(57)41-31-32-46(36-22-9-8-21-35(36)41)58-45-30-15-13-26-42(45)47-38-24-10-11-25-39(38)48-43-28-16-27-40-37-23-12-14-29-44(37)59(49(40)43)51(48)50(47)58/h2-26,28-32,40,53-54H,27H2,1H3,(H,55,56). The van der Waals surface area contributed by atoms with Gasteiger partial charge in [0.2, 0.25) is 0 Å². The first kappa shape index (κ1) is 32.8. The molecule has 8 aromatic carbocycles. The van der Waals surface area contributed by atoms with E-state index in [0.717, 1.165) is 17.8 Å². The Morgan fingerprint density at radius 1 is 0.542 bits per heavy atom. The van der Waals surface area contributed by atoms with Crippen LogP contribution in [0.25, 0.3) is 71.7 Å². The first-order valence-corrected chi connectivity index (χ1v) is 20.7. The molecule has 0 spiro atoms. The van der Waals surface area contributed by atoms with Crippen LogP contribution >= 0.6 is 0 Å². The molecule has 13 rings (SSSR count). The van der Waals surface area contributed by atoms with Crippen molar-refractivity contribution in [2.75, 3.05) is 7.05 Å². The lowest BCUT2D eigenvalue weighted by Crippen LogP contribution is -2.46. The Morgan fingerprint density at radius 3 is 2.00 bits per heavy atom. The van der Waals surface area contributed by atoms with Gasteiger partial charge in [0.15, 0.2) is 0 Å². The molecular formula is C54H39N5. The van der Waals surface area contributed by atoms with Crippen molar-refractivity contribution in [3.8, 4) is 11.4 Å². The van der Waals surface area contributed by atoms with Gasteiger partial charge in [-0.2, -0.15) is 0 Å². The van der Waals surface area contributed by atoms with Crippen molar-refractivity contribution in [2.45, 2.75) is 24.7 Å². The Balaban J connectivity index is 1.11. The molecule has 5 heteroatoms. The highest BCUT2D eigenvalue weighted by Gasteiger charge is 2.38. The smallest absolute Gasteiger partial charge is 0.132 e. The third kappa shape index (κ3) is 4.51. The van der Waals surface area contributed by atoms with Gasteiger partial charge in [0.05, 0.1) is 22.2 Å². The van der Waals surface area contributed by atoms with E-state index in [4.69, 9.17) is 4.99 Å². The van der Waals surface area contributed by atoms with E-state index in [-0.39, 0.29) is 12.3 Å². The average molecular weight is 758 g/mol. The molecule has 0 saturated heterocycles. The van der Waals surface area contributed by atoms with E-state index in [9.17, 15) is 0 Å². The van der Waals surface area contributed by atoms with Crippen molar-refractivity contribution >= 4 is 66.2 Å². The van der Waals surface area contributed by atoms with Gasteiger partial charge in [0.1, 0.15) is 18.2 Å². The summed E-state index contributed by atoms with van der Waals surface area (Å²) in [6.07, 6.45) is 5.51. The van der Waals surface area contributed by atoms with Crippen LogP contribution in [0.15, 0.2) is 181 Å². The predicted molar refractivity (Wildman–Crippen MR) is 244 cm³/mol. The van der Waals surface area contributed by atoms with Gasteiger partial charge in [-0.3, -0.25) is 4.90 Å². The van der Waals surface area contributed by atoms with Crippen molar-refractivity contribution < 1.29 is 0 Å². The molecule has 3 atom stereocenters. The summed E-state index contributed by atoms with van der Waals surface area (Å²) >= 11 is 0. The normalized spacial score (nSPS) is 18.5. The summed E-state index contributed by atoms with van der Waals surface area (Å²) in [6, 6.07) is 62.1. The van der Waals surface area contributed by atoms with Crippen molar-refractivity contribution in [2.24, 2.45) is 4.99 Å². The maximum absolute atomic E-state index is 5.32. The molecule has 0 saturated carbocycles. The first-order valence-electron chi connectivity index (χ1n) is 20.7. The van der Waals surface area contributed by atoms with Gasteiger partial charge in [-0.25, -0.2) is 4.99 Å². The number of rotatable bonds is 4. The van der Waals surface area contributed by atoms with Crippen molar-refractivity contribution in [1.82, 2.24) is 19.4 Å². The largest absolute Gasteiger partial charge is 0.350 e. The van der Waals surface area contributed by atoms with E-state index in [1.807, 2.05) is 0 Å². The topological polar surface area (TPSA) is 37.5 Å². The van der Waals surface area contributed by atoms with E-state index in [1.165, 1.54) is 93.6 Å². The number of para-hydroxylation sites is 2. The van der Waals surface area contributed by atoms with Gasteiger partial charge in [-0.1, -0.05) is 164 Å². The number of hydrogen-bond donors (Lipinski definition) is 1. The first-order chi connectivity index (χ1) is 29.2. The molecule has 10 aromatic rings. The summed E-state index contributed by atoms with van der Waals surface area (Å²) in [6.45, 7) is 0. The van der Waals surface area contributed by atoms with Crippen LogP contribution in [0.5, 0.6) is 0 Å². The summed E-state index contributed by atoms with van der Waals surface area (Å²) in [5, 5.41) is 12.8. The fourth-order valence-corrected chi connectivity index (χ4v) is 10.8. The molecule has 59 heavy (non-hydrogen) atoms. The van der Waals surface area contributed by atoms with Crippen LogP contribution in [-0.2, 0) is 0 Å². The molecule has 5 nitrogen and oxygen atoms in total. The van der Waals surface area contributed by atoms with Crippen LogP contribution in [0.1, 0.15) is 58.2 Å². The van der Waals surface area contributed by atoms with Gasteiger partial charge < -0.3 is 14.5 Å². The van der Waals surface area contributed by atoms with E-state index in [0.29, 0.717) is 5.92 Å².